The lowest BCUT2D eigenvalue weighted by Crippen LogP contribution is -2.22. The summed E-state index contributed by atoms with van der Waals surface area (Å²) in [7, 11) is 2.50. The van der Waals surface area contributed by atoms with Gasteiger partial charge in [-0.3, -0.25) is 4.79 Å². The van der Waals surface area contributed by atoms with Crippen LogP contribution in [0.15, 0.2) is 18.2 Å². The average molecular weight is 262 g/mol. The molecule has 0 N–H and O–H groups in total. The fraction of sp³-hybridized carbons (Fsp3) is 0.357. The molecule has 2 rings (SSSR count). The van der Waals surface area contributed by atoms with Gasteiger partial charge in [-0.15, -0.1) is 0 Å². The zero-order valence-electron chi connectivity index (χ0n) is 10.8. The first-order valence-corrected chi connectivity index (χ1v) is 5.89. The first-order valence-electron chi connectivity index (χ1n) is 5.89. The number of ketones is 1. The zero-order chi connectivity index (χ0) is 14.0. The van der Waals surface area contributed by atoms with Crippen molar-refractivity contribution in [2.45, 2.75) is 18.8 Å². The van der Waals surface area contributed by atoms with Crippen molar-refractivity contribution in [1.29, 1.82) is 0 Å². The van der Waals surface area contributed by atoms with Gasteiger partial charge in [-0.2, -0.15) is 0 Å². The summed E-state index contributed by atoms with van der Waals surface area (Å²) in [5, 5.41) is 0. The first-order chi connectivity index (χ1) is 9.06. The normalized spacial score (nSPS) is 14.7. The Morgan fingerprint density at radius 1 is 1.05 bits per heavy atom. The number of esters is 2. The maximum atomic E-state index is 11.7. The second-order valence-corrected chi connectivity index (χ2v) is 4.43. The predicted molar refractivity (Wildman–Crippen MR) is 66.1 cm³/mol. The number of Topliss-reactive ketones (excluding diaryl/α,β-unsaturated/α-hetero) is 1. The molecular formula is C14H14O5. The van der Waals surface area contributed by atoms with Crippen LogP contribution in [0.5, 0.6) is 0 Å². The molecule has 5 heteroatoms. The Kier molecular flexibility index (Phi) is 3.64. The topological polar surface area (TPSA) is 69.7 Å². The summed E-state index contributed by atoms with van der Waals surface area (Å²) < 4.78 is 9.29. The summed E-state index contributed by atoms with van der Waals surface area (Å²) in [6.07, 6.45) is 0.969. The largest absolute Gasteiger partial charge is 0.465 e. The molecule has 0 bridgehead atoms. The van der Waals surface area contributed by atoms with E-state index in [4.69, 9.17) is 0 Å². The standard InChI is InChI=1S/C14H14O5/c1-18-13(16)11-4-3-8(9-5-10(15)6-9)7-12(11)14(17)19-2/h3-4,7,9H,5-6H2,1-2H3. The van der Waals surface area contributed by atoms with Gasteiger partial charge in [-0.25, -0.2) is 9.59 Å². The summed E-state index contributed by atoms with van der Waals surface area (Å²) in [5.74, 6) is -0.839. The van der Waals surface area contributed by atoms with E-state index in [-0.39, 0.29) is 22.8 Å². The summed E-state index contributed by atoms with van der Waals surface area (Å²) in [6, 6.07) is 4.89. The van der Waals surface area contributed by atoms with E-state index in [2.05, 4.69) is 9.47 Å². The van der Waals surface area contributed by atoms with Gasteiger partial charge in [-0.05, 0) is 23.6 Å². The van der Waals surface area contributed by atoms with Gasteiger partial charge in [0.1, 0.15) is 5.78 Å². The Morgan fingerprint density at radius 2 is 1.63 bits per heavy atom. The summed E-state index contributed by atoms with van der Waals surface area (Å²) in [4.78, 5) is 34.3. The molecule has 5 nitrogen and oxygen atoms in total. The Labute approximate surface area is 110 Å². The van der Waals surface area contributed by atoms with Crippen LogP contribution < -0.4 is 0 Å². The van der Waals surface area contributed by atoms with E-state index in [1.807, 2.05) is 0 Å². The average Bonchev–Trinajstić information content (AvgIpc) is 2.41. The highest BCUT2D eigenvalue weighted by Crippen LogP contribution is 2.34. The third kappa shape index (κ3) is 2.50. The van der Waals surface area contributed by atoms with Crippen LogP contribution >= 0.6 is 0 Å². The number of carbonyl (C=O) groups excluding carboxylic acids is 3. The first kappa shape index (κ1) is 13.3. The van der Waals surface area contributed by atoms with Gasteiger partial charge in [0.05, 0.1) is 25.3 Å². The van der Waals surface area contributed by atoms with Crippen molar-refractivity contribution in [3.8, 4) is 0 Å². The number of ether oxygens (including phenoxy) is 2. The van der Waals surface area contributed by atoms with Gasteiger partial charge in [0.15, 0.2) is 0 Å². The number of benzene rings is 1. The minimum absolute atomic E-state index is 0.127. The van der Waals surface area contributed by atoms with Crippen molar-refractivity contribution in [3.05, 3.63) is 34.9 Å². The lowest BCUT2D eigenvalue weighted by atomic mass is 9.78. The smallest absolute Gasteiger partial charge is 0.338 e. The molecule has 0 atom stereocenters. The van der Waals surface area contributed by atoms with Gasteiger partial charge in [-0.1, -0.05) is 6.07 Å². The predicted octanol–water partition coefficient (Wildman–Crippen LogP) is 1.71. The van der Waals surface area contributed by atoms with E-state index in [1.54, 1.807) is 12.1 Å². The highest BCUT2D eigenvalue weighted by atomic mass is 16.5. The summed E-state index contributed by atoms with van der Waals surface area (Å²) in [5.41, 5.74) is 1.21. The molecule has 100 valence electrons. The molecule has 1 aliphatic carbocycles. The number of carbonyl (C=O) groups is 3. The Hall–Kier alpha value is -2.17. The fourth-order valence-corrected chi connectivity index (χ4v) is 2.11. The Balaban J connectivity index is 2.38. The number of hydrogen-bond donors (Lipinski definition) is 0. The molecule has 0 unspecified atom stereocenters. The maximum absolute atomic E-state index is 11.7. The lowest BCUT2D eigenvalue weighted by Gasteiger charge is -2.25. The Morgan fingerprint density at radius 3 is 2.16 bits per heavy atom. The van der Waals surface area contributed by atoms with E-state index in [9.17, 15) is 14.4 Å². The number of hydrogen-bond acceptors (Lipinski definition) is 5. The SMILES string of the molecule is COC(=O)c1ccc(C2CC(=O)C2)cc1C(=O)OC. The van der Waals surface area contributed by atoms with E-state index in [1.165, 1.54) is 20.3 Å². The van der Waals surface area contributed by atoms with Crippen LogP contribution in [0, 0.1) is 0 Å². The van der Waals surface area contributed by atoms with Gasteiger partial charge >= 0.3 is 11.9 Å². The molecule has 1 aliphatic rings. The maximum Gasteiger partial charge on any atom is 0.338 e. The third-order valence-corrected chi connectivity index (χ3v) is 3.27. The quantitative estimate of drug-likeness (QED) is 0.775. The van der Waals surface area contributed by atoms with Crippen molar-refractivity contribution in [3.63, 3.8) is 0 Å². The fourth-order valence-electron chi connectivity index (χ4n) is 2.11. The van der Waals surface area contributed by atoms with Crippen molar-refractivity contribution >= 4 is 17.7 Å². The molecule has 0 aliphatic heterocycles. The van der Waals surface area contributed by atoms with Crippen molar-refractivity contribution < 1.29 is 23.9 Å². The molecular weight excluding hydrogens is 248 g/mol. The molecule has 0 heterocycles. The molecule has 1 aromatic rings. The van der Waals surface area contributed by atoms with Crippen LogP contribution in [-0.4, -0.2) is 31.9 Å². The second kappa shape index (κ2) is 5.22. The summed E-state index contributed by atoms with van der Waals surface area (Å²) in [6.45, 7) is 0. The van der Waals surface area contributed by atoms with E-state index < -0.39 is 11.9 Å². The van der Waals surface area contributed by atoms with Gasteiger partial charge in [0.2, 0.25) is 0 Å². The summed E-state index contributed by atoms with van der Waals surface area (Å²) >= 11 is 0. The van der Waals surface area contributed by atoms with E-state index in [0.29, 0.717) is 12.8 Å². The Bertz CT molecular complexity index is 539. The van der Waals surface area contributed by atoms with Crippen molar-refractivity contribution in [1.82, 2.24) is 0 Å². The molecule has 1 fully saturated rings. The highest BCUT2D eigenvalue weighted by molar-refractivity contribution is 6.03. The monoisotopic (exact) mass is 262 g/mol. The molecule has 0 radical (unpaired) electrons. The zero-order valence-corrected chi connectivity index (χ0v) is 10.8. The molecule has 1 aromatic carbocycles. The second-order valence-electron chi connectivity index (χ2n) is 4.43. The van der Waals surface area contributed by atoms with Gasteiger partial charge < -0.3 is 9.47 Å². The van der Waals surface area contributed by atoms with Crippen molar-refractivity contribution in [2.24, 2.45) is 0 Å². The van der Waals surface area contributed by atoms with Gasteiger partial charge in [0, 0.05) is 12.8 Å². The molecule has 0 saturated heterocycles. The number of methoxy groups -OCH3 is 2. The van der Waals surface area contributed by atoms with E-state index >= 15 is 0 Å². The van der Waals surface area contributed by atoms with Crippen LogP contribution in [0.25, 0.3) is 0 Å². The van der Waals surface area contributed by atoms with Crippen molar-refractivity contribution in [2.75, 3.05) is 14.2 Å². The number of rotatable bonds is 3. The molecule has 19 heavy (non-hydrogen) atoms. The van der Waals surface area contributed by atoms with Crippen LogP contribution in [0.2, 0.25) is 0 Å². The molecule has 1 saturated carbocycles. The minimum Gasteiger partial charge on any atom is -0.465 e. The van der Waals surface area contributed by atoms with Crippen LogP contribution in [0.3, 0.4) is 0 Å². The molecule has 0 amide bonds. The molecule has 0 aromatic heterocycles. The van der Waals surface area contributed by atoms with E-state index in [0.717, 1.165) is 5.56 Å². The molecule has 0 spiro atoms. The van der Waals surface area contributed by atoms with Gasteiger partial charge in [0.25, 0.3) is 0 Å². The van der Waals surface area contributed by atoms with Crippen LogP contribution in [0.4, 0.5) is 0 Å². The van der Waals surface area contributed by atoms with Crippen LogP contribution in [0.1, 0.15) is 45.0 Å². The van der Waals surface area contributed by atoms with Crippen LogP contribution in [-0.2, 0) is 14.3 Å². The minimum atomic E-state index is -0.590. The third-order valence-electron chi connectivity index (χ3n) is 3.27. The highest BCUT2D eigenvalue weighted by Gasteiger charge is 2.29. The lowest BCUT2D eigenvalue weighted by molar-refractivity contribution is -0.124.